The van der Waals surface area contributed by atoms with E-state index in [1.54, 1.807) is 0 Å². The molecule has 0 unspecified atom stereocenters. The predicted octanol–water partition coefficient (Wildman–Crippen LogP) is 2.46. The van der Waals surface area contributed by atoms with Crippen LogP contribution in [0.4, 0.5) is 5.69 Å². The van der Waals surface area contributed by atoms with E-state index in [2.05, 4.69) is 6.92 Å². The van der Waals surface area contributed by atoms with E-state index in [-0.39, 0.29) is 5.91 Å². The van der Waals surface area contributed by atoms with Gasteiger partial charge in [-0.3, -0.25) is 4.79 Å². The number of nitrogen functional groups attached to an aromatic ring is 1. The van der Waals surface area contributed by atoms with Gasteiger partial charge in [0.05, 0.1) is 6.42 Å². The molecule has 1 aromatic rings. The quantitative estimate of drug-likeness (QED) is 0.833. The van der Waals surface area contributed by atoms with Gasteiger partial charge in [-0.05, 0) is 30.4 Å². The van der Waals surface area contributed by atoms with Gasteiger partial charge in [0.1, 0.15) is 0 Å². The van der Waals surface area contributed by atoms with Gasteiger partial charge in [0.15, 0.2) is 0 Å². The van der Waals surface area contributed by atoms with Crippen LogP contribution in [0.25, 0.3) is 0 Å². The molecule has 0 aliphatic carbocycles. The molecule has 1 amide bonds. The third-order valence-corrected chi connectivity index (χ3v) is 3.94. The third-order valence-electron chi connectivity index (χ3n) is 3.94. The molecule has 18 heavy (non-hydrogen) atoms. The number of carbonyl (C=O) groups is 1. The highest BCUT2D eigenvalue weighted by atomic mass is 16.2. The summed E-state index contributed by atoms with van der Waals surface area (Å²) in [4.78, 5) is 14.2. The lowest BCUT2D eigenvalue weighted by molar-refractivity contribution is -0.131. The zero-order valence-electron chi connectivity index (χ0n) is 11.1. The Morgan fingerprint density at radius 3 is 2.61 bits per heavy atom. The number of hydrogen-bond donors (Lipinski definition) is 1. The summed E-state index contributed by atoms with van der Waals surface area (Å²) in [5, 5.41) is 0. The fraction of sp³-hybridized carbons (Fsp3) is 0.533. The van der Waals surface area contributed by atoms with Gasteiger partial charge < -0.3 is 10.6 Å². The van der Waals surface area contributed by atoms with Gasteiger partial charge >= 0.3 is 0 Å². The zero-order chi connectivity index (χ0) is 13.0. The van der Waals surface area contributed by atoms with Crippen LogP contribution in [0.15, 0.2) is 24.3 Å². The van der Waals surface area contributed by atoms with Crippen molar-refractivity contribution in [3.63, 3.8) is 0 Å². The Bertz CT molecular complexity index is 409. The summed E-state index contributed by atoms with van der Waals surface area (Å²) in [7, 11) is 0. The van der Waals surface area contributed by atoms with Crippen molar-refractivity contribution in [1.82, 2.24) is 4.90 Å². The first-order valence-electron chi connectivity index (χ1n) is 6.82. The summed E-state index contributed by atoms with van der Waals surface area (Å²) in [5.74, 6) is 1.01. The molecule has 0 bridgehead atoms. The summed E-state index contributed by atoms with van der Waals surface area (Å²) in [6.45, 7) is 4.04. The number of nitrogens with two attached hydrogens (primary N) is 1. The maximum atomic E-state index is 12.2. The average Bonchev–Trinajstić information content (AvgIpc) is 2.41. The molecule has 0 radical (unpaired) electrons. The molecule has 1 fully saturated rings. The number of hydrogen-bond acceptors (Lipinski definition) is 2. The predicted molar refractivity (Wildman–Crippen MR) is 74.2 cm³/mol. The highest BCUT2D eigenvalue weighted by Crippen LogP contribution is 2.21. The molecule has 2 N–H and O–H groups in total. The zero-order valence-corrected chi connectivity index (χ0v) is 11.1. The lowest BCUT2D eigenvalue weighted by atomic mass is 9.94. The Balaban J connectivity index is 1.91. The molecule has 1 heterocycles. The van der Waals surface area contributed by atoms with Crippen LogP contribution in [-0.2, 0) is 11.2 Å². The second-order valence-electron chi connectivity index (χ2n) is 5.11. The molecule has 0 atom stereocenters. The average molecular weight is 246 g/mol. The Kier molecular flexibility index (Phi) is 4.24. The van der Waals surface area contributed by atoms with E-state index >= 15 is 0 Å². The smallest absolute Gasteiger partial charge is 0.227 e. The monoisotopic (exact) mass is 246 g/mol. The normalized spacial score (nSPS) is 16.8. The molecular formula is C15H22N2O. The Hall–Kier alpha value is -1.51. The first-order chi connectivity index (χ1) is 8.70. The fourth-order valence-corrected chi connectivity index (χ4v) is 2.56. The molecule has 1 aliphatic heterocycles. The van der Waals surface area contributed by atoms with E-state index in [1.807, 2.05) is 29.2 Å². The lowest BCUT2D eigenvalue weighted by Crippen LogP contribution is -2.39. The van der Waals surface area contributed by atoms with Crippen molar-refractivity contribution in [1.29, 1.82) is 0 Å². The van der Waals surface area contributed by atoms with E-state index in [9.17, 15) is 4.79 Å². The van der Waals surface area contributed by atoms with E-state index in [0.29, 0.717) is 12.1 Å². The van der Waals surface area contributed by atoms with Crippen molar-refractivity contribution < 1.29 is 4.79 Å². The fourth-order valence-electron chi connectivity index (χ4n) is 2.56. The molecule has 0 aromatic heterocycles. The Morgan fingerprint density at radius 1 is 1.33 bits per heavy atom. The molecule has 0 spiro atoms. The molecule has 1 aromatic carbocycles. The lowest BCUT2D eigenvalue weighted by Gasteiger charge is -2.31. The van der Waals surface area contributed by atoms with E-state index in [4.69, 9.17) is 5.73 Å². The molecule has 1 aliphatic rings. The van der Waals surface area contributed by atoms with Crippen molar-refractivity contribution in [3.8, 4) is 0 Å². The minimum absolute atomic E-state index is 0.211. The number of para-hydroxylation sites is 1. The highest BCUT2D eigenvalue weighted by molar-refractivity contribution is 5.80. The van der Waals surface area contributed by atoms with Crippen LogP contribution in [-0.4, -0.2) is 23.9 Å². The minimum atomic E-state index is 0.211. The van der Waals surface area contributed by atoms with E-state index in [0.717, 1.165) is 37.4 Å². The Labute approximate surface area is 109 Å². The summed E-state index contributed by atoms with van der Waals surface area (Å²) < 4.78 is 0. The number of amides is 1. The molecular weight excluding hydrogens is 224 g/mol. The van der Waals surface area contributed by atoms with Crippen LogP contribution in [0, 0.1) is 5.92 Å². The SMILES string of the molecule is CCC1CCN(C(=O)Cc2ccccc2N)CC1. The summed E-state index contributed by atoms with van der Waals surface area (Å²) >= 11 is 0. The van der Waals surface area contributed by atoms with Crippen molar-refractivity contribution in [2.75, 3.05) is 18.8 Å². The molecule has 3 heteroatoms. The van der Waals surface area contributed by atoms with Gasteiger partial charge in [-0.1, -0.05) is 31.5 Å². The van der Waals surface area contributed by atoms with Crippen LogP contribution in [0.5, 0.6) is 0 Å². The molecule has 2 rings (SSSR count). The largest absolute Gasteiger partial charge is 0.398 e. The van der Waals surface area contributed by atoms with Crippen LogP contribution in [0.3, 0.4) is 0 Å². The van der Waals surface area contributed by atoms with Gasteiger partial charge in [0.25, 0.3) is 0 Å². The van der Waals surface area contributed by atoms with Crippen LogP contribution >= 0.6 is 0 Å². The number of anilines is 1. The van der Waals surface area contributed by atoms with E-state index < -0.39 is 0 Å². The number of carbonyl (C=O) groups excluding carboxylic acids is 1. The van der Waals surface area contributed by atoms with Crippen molar-refractivity contribution in [3.05, 3.63) is 29.8 Å². The Morgan fingerprint density at radius 2 is 2.00 bits per heavy atom. The first-order valence-corrected chi connectivity index (χ1v) is 6.82. The second kappa shape index (κ2) is 5.89. The van der Waals surface area contributed by atoms with Gasteiger partial charge in [0, 0.05) is 18.8 Å². The van der Waals surface area contributed by atoms with Crippen LogP contribution in [0.2, 0.25) is 0 Å². The van der Waals surface area contributed by atoms with Gasteiger partial charge in [-0.25, -0.2) is 0 Å². The van der Waals surface area contributed by atoms with Crippen molar-refractivity contribution in [2.24, 2.45) is 5.92 Å². The topological polar surface area (TPSA) is 46.3 Å². The molecule has 1 saturated heterocycles. The molecule has 3 nitrogen and oxygen atoms in total. The maximum Gasteiger partial charge on any atom is 0.227 e. The minimum Gasteiger partial charge on any atom is -0.398 e. The van der Waals surface area contributed by atoms with Gasteiger partial charge in [-0.2, -0.15) is 0 Å². The molecule has 0 saturated carbocycles. The van der Waals surface area contributed by atoms with Gasteiger partial charge in [-0.15, -0.1) is 0 Å². The third kappa shape index (κ3) is 3.03. The second-order valence-corrected chi connectivity index (χ2v) is 5.11. The number of benzene rings is 1. The number of likely N-dealkylation sites (tertiary alicyclic amines) is 1. The van der Waals surface area contributed by atoms with Gasteiger partial charge in [0.2, 0.25) is 5.91 Å². The summed E-state index contributed by atoms with van der Waals surface area (Å²) in [6, 6.07) is 7.62. The summed E-state index contributed by atoms with van der Waals surface area (Å²) in [5.41, 5.74) is 7.53. The number of piperidine rings is 1. The van der Waals surface area contributed by atoms with Crippen LogP contribution in [0.1, 0.15) is 31.7 Å². The van der Waals surface area contributed by atoms with Crippen molar-refractivity contribution >= 4 is 11.6 Å². The van der Waals surface area contributed by atoms with Crippen LogP contribution < -0.4 is 5.73 Å². The standard InChI is InChI=1S/C15H22N2O/c1-2-12-7-9-17(10-8-12)15(18)11-13-5-3-4-6-14(13)16/h3-6,12H,2,7-11,16H2,1H3. The highest BCUT2D eigenvalue weighted by Gasteiger charge is 2.21. The summed E-state index contributed by atoms with van der Waals surface area (Å²) in [6.07, 6.45) is 3.95. The first kappa shape index (κ1) is 12.9. The maximum absolute atomic E-state index is 12.2. The number of nitrogens with zero attached hydrogens (tertiary/aromatic N) is 1. The number of rotatable bonds is 3. The molecule has 98 valence electrons. The van der Waals surface area contributed by atoms with Crippen molar-refractivity contribution in [2.45, 2.75) is 32.6 Å². The van der Waals surface area contributed by atoms with E-state index in [1.165, 1.54) is 6.42 Å².